The van der Waals surface area contributed by atoms with Crippen LogP contribution in [0.3, 0.4) is 0 Å². The molecule has 0 spiro atoms. The summed E-state index contributed by atoms with van der Waals surface area (Å²) in [6.45, 7) is 3.27. The Labute approximate surface area is 73.3 Å². The fourth-order valence-corrected chi connectivity index (χ4v) is 1.60. The molecule has 1 nitrogen and oxygen atoms in total. The van der Waals surface area contributed by atoms with Crippen LogP contribution in [0.5, 0.6) is 0 Å². The number of hydrogen-bond acceptors (Lipinski definition) is 1. The number of para-hydroxylation sites is 1. The highest BCUT2D eigenvalue weighted by molar-refractivity contribution is 5.50. The van der Waals surface area contributed by atoms with Crippen LogP contribution in [0.2, 0.25) is 0 Å². The van der Waals surface area contributed by atoms with Gasteiger partial charge < -0.3 is 4.90 Å². The largest absolute Gasteiger partial charge is 0.362 e. The van der Waals surface area contributed by atoms with Gasteiger partial charge in [0, 0.05) is 18.3 Å². The molecule has 1 heterocycles. The van der Waals surface area contributed by atoms with E-state index in [4.69, 9.17) is 0 Å². The van der Waals surface area contributed by atoms with Gasteiger partial charge in [-0.15, -0.1) is 0 Å². The van der Waals surface area contributed by atoms with E-state index in [1.165, 1.54) is 5.69 Å². The summed E-state index contributed by atoms with van der Waals surface area (Å²) in [5, 5.41) is 0. The van der Waals surface area contributed by atoms with Gasteiger partial charge in [-0.25, -0.2) is 0 Å². The van der Waals surface area contributed by atoms with Crippen molar-refractivity contribution in [1.29, 1.82) is 0 Å². The van der Waals surface area contributed by atoms with E-state index in [9.17, 15) is 0 Å². The third-order valence-corrected chi connectivity index (χ3v) is 2.30. The lowest BCUT2D eigenvalue weighted by Crippen LogP contribution is -2.26. The molecule has 1 aromatic carbocycles. The second-order valence-electron chi connectivity index (χ2n) is 3.16. The molecular formula is C11H13N. The Morgan fingerprint density at radius 2 is 2.00 bits per heavy atom. The van der Waals surface area contributed by atoms with E-state index in [2.05, 4.69) is 54.3 Å². The van der Waals surface area contributed by atoms with Gasteiger partial charge in [0.15, 0.2) is 0 Å². The molecule has 0 saturated carbocycles. The van der Waals surface area contributed by atoms with Gasteiger partial charge in [0.05, 0.1) is 0 Å². The zero-order valence-corrected chi connectivity index (χ0v) is 7.27. The maximum absolute atomic E-state index is 2.38. The quantitative estimate of drug-likeness (QED) is 0.569. The standard InChI is InChI=1S/C11H13N/c1-10-6-5-9-12(10)11-7-3-2-4-8-11/h2-8,10H,9H2,1H3. The van der Waals surface area contributed by atoms with Crippen molar-refractivity contribution >= 4 is 5.69 Å². The number of rotatable bonds is 1. The Kier molecular flexibility index (Phi) is 1.86. The number of hydrogen-bond donors (Lipinski definition) is 0. The van der Waals surface area contributed by atoms with Gasteiger partial charge in [-0.1, -0.05) is 30.4 Å². The summed E-state index contributed by atoms with van der Waals surface area (Å²) in [4.78, 5) is 2.38. The number of anilines is 1. The first-order chi connectivity index (χ1) is 5.88. The molecule has 1 aromatic rings. The van der Waals surface area contributed by atoms with Crippen molar-refractivity contribution in [3.05, 3.63) is 42.5 Å². The highest BCUT2D eigenvalue weighted by atomic mass is 15.2. The van der Waals surface area contributed by atoms with Crippen molar-refractivity contribution < 1.29 is 0 Å². The van der Waals surface area contributed by atoms with Gasteiger partial charge >= 0.3 is 0 Å². The molecule has 0 radical (unpaired) electrons. The predicted octanol–water partition coefficient (Wildman–Crippen LogP) is 2.45. The number of nitrogens with zero attached hydrogens (tertiary/aromatic N) is 1. The van der Waals surface area contributed by atoms with Gasteiger partial charge in [-0.05, 0) is 19.1 Å². The van der Waals surface area contributed by atoms with Gasteiger partial charge in [0.25, 0.3) is 0 Å². The summed E-state index contributed by atoms with van der Waals surface area (Å²) in [6, 6.07) is 11.1. The number of benzene rings is 1. The molecule has 0 amide bonds. The Bertz CT molecular complexity index is 276. The van der Waals surface area contributed by atoms with E-state index < -0.39 is 0 Å². The van der Waals surface area contributed by atoms with Crippen molar-refractivity contribution in [1.82, 2.24) is 0 Å². The predicted molar refractivity (Wildman–Crippen MR) is 52.4 cm³/mol. The van der Waals surface area contributed by atoms with E-state index in [0.29, 0.717) is 6.04 Å². The van der Waals surface area contributed by atoms with E-state index in [1.807, 2.05) is 0 Å². The minimum Gasteiger partial charge on any atom is -0.362 e. The van der Waals surface area contributed by atoms with Gasteiger partial charge in [0.1, 0.15) is 0 Å². The fraction of sp³-hybridized carbons (Fsp3) is 0.273. The molecule has 1 atom stereocenters. The third kappa shape index (κ3) is 1.22. The Balaban J connectivity index is 2.22. The molecule has 62 valence electrons. The van der Waals surface area contributed by atoms with Crippen molar-refractivity contribution in [3.8, 4) is 0 Å². The molecule has 0 saturated heterocycles. The van der Waals surface area contributed by atoms with Gasteiger partial charge in [0.2, 0.25) is 0 Å². The summed E-state index contributed by atoms with van der Waals surface area (Å²) < 4.78 is 0. The van der Waals surface area contributed by atoms with Crippen LogP contribution in [-0.4, -0.2) is 12.6 Å². The SMILES string of the molecule is CC1C=CCN1c1ccccc1. The average Bonchev–Trinajstić information content (AvgIpc) is 2.53. The fourth-order valence-electron chi connectivity index (χ4n) is 1.60. The van der Waals surface area contributed by atoms with Gasteiger partial charge in [-0.2, -0.15) is 0 Å². The molecule has 0 fully saturated rings. The third-order valence-electron chi connectivity index (χ3n) is 2.30. The molecule has 1 aliphatic heterocycles. The molecule has 1 unspecified atom stereocenters. The molecule has 1 heteroatoms. The lowest BCUT2D eigenvalue weighted by Gasteiger charge is -2.23. The van der Waals surface area contributed by atoms with Crippen LogP contribution in [0.15, 0.2) is 42.5 Å². The van der Waals surface area contributed by atoms with E-state index in [1.54, 1.807) is 0 Å². The summed E-state index contributed by atoms with van der Waals surface area (Å²) in [5.41, 5.74) is 1.31. The van der Waals surface area contributed by atoms with Crippen molar-refractivity contribution in [3.63, 3.8) is 0 Å². The molecule has 12 heavy (non-hydrogen) atoms. The summed E-state index contributed by atoms with van der Waals surface area (Å²) in [6.07, 6.45) is 4.46. The van der Waals surface area contributed by atoms with Crippen molar-refractivity contribution in [2.45, 2.75) is 13.0 Å². The van der Waals surface area contributed by atoms with E-state index in [-0.39, 0.29) is 0 Å². The molecule has 0 aromatic heterocycles. The molecule has 0 bridgehead atoms. The highest BCUT2D eigenvalue weighted by Crippen LogP contribution is 2.19. The lowest BCUT2D eigenvalue weighted by atomic mass is 10.2. The summed E-state index contributed by atoms with van der Waals surface area (Å²) in [7, 11) is 0. The van der Waals surface area contributed by atoms with Gasteiger partial charge in [-0.3, -0.25) is 0 Å². The smallest absolute Gasteiger partial charge is 0.0448 e. The molecule has 2 rings (SSSR count). The van der Waals surface area contributed by atoms with Crippen LogP contribution in [0.4, 0.5) is 5.69 Å². The van der Waals surface area contributed by atoms with Crippen LogP contribution >= 0.6 is 0 Å². The first-order valence-electron chi connectivity index (χ1n) is 4.36. The van der Waals surface area contributed by atoms with Crippen molar-refractivity contribution in [2.24, 2.45) is 0 Å². The lowest BCUT2D eigenvalue weighted by molar-refractivity contribution is 0.826. The Morgan fingerprint density at radius 3 is 2.58 bits per heavy atom. The summed E-state index contributed by atoms with van der Waals surface area (Å²) in [5.74, 6) is 0. The highest BCUT2D eigenvalue weighted by Gasteiger charge is 2.14. The van der Waals surface area contributed by atoms with Crippen LogP contribution in [0, 0.1) is 0 Å². The maximum atomic E-state index is 2.38. The van der Waals surface area contributed by atoms with Crippen molar-refractivity contribution in [2.75, 3.05) is 11.4 Å². The minimum atomic E-state index is 0.549. The minimum absolute atomic E-state index is 0.549. The van der Waals surface area contributed by atoms with Crippen LogP contribution in [0.1, 0.15) is 6.92 Å². The van der Waals surface area contributed by atoms with Crippen LogP contribution in [0.25, 0.3) is 0 Å². The van der Waals surface area contributed by atoms with Crippen LogP contribution in [-0.2, 0) is 0 Å². The molecular weight excluding hydrogens is 146 g/mol. The molecule has 0 aliphatic carbocycles. The molecule has 1 aliphatic rings. The first kappa shape index (κ1) is 7.41. The van der Waals surface area contributed by atoms with E-state index in [0.717, 1.165) is 6.54 Å². The van der Waals surface area contributed by atoms with E-state index >= 15 is 0 Å². The second kappa shape index (κ2) is 3.02. The normalized spacial score (nSPS) is 21.8. The first-order valence-corrected chi connectivity index (χ1v) is 4.36. The topological polar surface area (TPSA) is 3.24 Å². The average molecular weight is 159 g/mol. The maximum Gasteiger partial charge on any atom is 0.0448 e. The Hall–Kier alpha value is -1.24. The molecule has 0 N–H and O–H groups in total. The zero-order chi connectivity index (χ0) is 8.39. The van der Waals surface area contributed by atoms with Crippen LogP contribution < -0.4 is 4.90 Å². The Morgan fingerprint density at radius 1 is 1.25 bits per heavy atom. The second-order valence-corrected chi connectivity index (χ2v) is 3.16. The monoisotopic (exact) mass is 159 g/mol. The zero-order valence-electron chi connectivity index (χ0n) is 7.27. The summed E-state index contributed by atoms with van der Waals surface area (Å²) >= 11 is 0.